The summed E-state index contributed by atoms with van der Waals surface area (Å²) in [5.41, 5.74) is -0.220. The molecular weight excluding hydrogens is 166 g/mol. The molecule has 3 nitrogen and oxygen atoms in total. The monoisotopic (exact) mass is 183 g/mol. The van der Waals surface area contributed by atoms with Crippen LogP contribution in [-0.4, -0.2) is 25.2 Å². The summed E-state index contributed by atoms with van der Waals surface area (Å²) < 4.78 is 5.16. The maximum atomic E-state index is 11.8. The van der Waals surface area contributed by atoms with Crippen LogP contribution in [0.25, 0.3) is 0 Å². The molecule has 13 heavy (non-hydrogen) atoms. The lowest BCUT2D eigenvalue weighted by atomic mass is 9.74. The highest BCUT2D eigenvalue weighted by molar-refractivity contribution is 5.84. The Morgan fingerprint density at radius 3 is 2.38 bits per heavy atom. The SMILES string of the molecule is CC(C)C1(C(=O)NC2CC2)COC1. The molecule has 0 aromatic heterocycles. The summed E-state index contributed by atoms with van der Waals surface area (Å²) in [5.74, 6) is 0.580. The molecular formula is C10H17NO2. The van der Waals surface area contributed by atoms with Crippen molar-refractivity contribution in [1.82, 2.24) is 5.32 Å². The summed E-state index contributed by atoms with van der Waals surface area (Å²) in [6, 6.07) is 0.462. The van der Waals surface area contributed by atoms with Crippen LogP contribution in [-0.2, 0) is 9.53 Å². The fraction of sp³-hybridized carbons (Fsp3) is 0.900. The van der Waals surface area contributed by atoms with E-state index in [0.717, 1.165) is 12.8 Å². The average Bonchev–Trinajstić information content (AvgIpc) is 2.66. The second-order valence-electron chi connectivity index (χ2n) is 4.55. The van der Waals surface area contributed by atoms with Gasteiger partial charge in [0.1, 0.15) is 0 Å². The molecule has 1 heterocycles. The number of carbonyl (C=O) groups is 1. The van der Waals surface area contributed by atoms with Crippen LogP contribution in [0.1, 0.15) is 26.7 Å². The quantitative estimate of drug-likeness (QED) is 0.707. The molecule has 1 aliphatic heterocycles. The molecule has 3 heteroatoms. The Hall–Kier alpha value is -0.570. The minimum absolute atomic E-state index is 0.205. The Kier molecular flexibility index (Phi) is 2.06. The van der Waals surface area contributed by atoms with Gasteiger partial charge in [-0.15, -0.1) is 0 Å². The number of hydrogen-bond donors (Lipinski definition) is 1. The molecule has 1 N–H and O–H groups in total. The van der Waals surface area contributed by atoms with Gasteiger partial charge in [-0.05, 0) is 18.8 Å². The molecule has 1 aliphatic carbocycles. The zero-order valence-corrected chi connectivity index (χ0v) is 8.30. The van der Waals surface area contributed by atoms with Crippen molar-refractivity contribution in [3.8, 4) is 0 Å². The molecule has 1 saturated carbocycles. The smallest absolute Gasteiger partial charge is 0.231 e. The standard InChI is InChI=1S/C10H17NO2/c1-7(2)10(5-13-6-10)9(12)11-8-3-4-8/h7-8H,3-6H2,1-2H3,(H,11,12). The largest absolute Gasteiger partial charge is 0.379 e. The molecule has 2 aliphatic rings. The van der Waals surface area contributed by atoms with E-state index in [1.54, 1.807) is 0 Å². The third-order valence-corrected chi connectivity index (χ3v) is 3.19. The first-order valence-electron chi connectivity index (χ1n) is 5.04. The van der Waals surface area contributed by atoms with Gasteiger partial charge in [0, 0.05) is 6.04 Å². The fourth-order valence-corrected chi connectivity index (χ4v) is 1.61. The zero-order valence-electron chi connectivity index (χ0n) is 8.30. The van der Waals surface area contributed by atoms with Crippen LogP contribution in [0.15, 0.2) is 0 Å². The van der Waals surface area contributed by atoms with Crippen LogP contribution in [0, 0.1) is 11.3 Å². The van der Waals surface area contributed by atoms with E-state index in [1.807, 2.05) is 0 Å². The molecule has 2 fully saturated rings. The molecule has 74 valence electrons. The summed E-state index contributed by atoms with van der Waals surface area (Å²) >= 11 is 0. The van der Waals surface area contributed by atoms with Crippen molar-refractivity contribution in [3.05, 3.63) is 0 Å². The normalized spacial score (nSPS) is 25.5. The Morgan fingerprint density at radius 1 is 1.46 bits per heavy atom. The molecule has 0 aromatic rings. The summed E-state index contributed by atoms with van der Waals surface area (Å²) in [5, 5.41) is 3.06. The summed E-state index contributed by atoms with van der Waals surface area (Å²) in [6.45, 7) is 5.39. The van der Waals surface area contributed by atoms with Gasteiger partial charge in [-0.25, -0.2) is 0 Å². The number of rotatable bonds is 3. The topological polar surface area (TPSA) is 38.3 Å². The van der Waals surface area contributed by atoms with Gasteiger partial charge in [-0.1, -0.05) is 13.8 Å². The highest BCUT2D eigenvalue weighted by Gasteiger charge is 2.49. The van der Waals surface area contributed by atoms with E-state index >= 15 is 0 Å². The van der Waals surface area contributed by atoms with Gasteiger partial charge < -0.3 is 10.1 Å². The highest BCUT2D eigenvalue weighted by atomic mass is 16.5. The average molecular weight is 183 g/mol. The number of carbonyl (C=O) groups excluding carboxylic acids is 1. The lowest BCUT2D eigenvalue weighted by Gasteiger charge is -2.43. The number of hydrogen-bond acceptors (Lipinski definition) is 2. The number of nitrogens with one attached hydrogen (secondary N) is 1. The Balaban J connectivity index is 1.97. The molecule has 0 radical (unpaired) electrons. The second kappa shape index (κ2) is 2.98. The molecule has 0 aromatic carbocycles. The van der Waals surface area contributed by atoms with Gasteiger partial charge >= 0.3 is 0 Å². The molecule has 0 bridgehead atoms. The molecule has 0 spiro atoms. The first-order chi connectivity index (χ1) is 6.15. The van der Waals surface area contributed by atoms with Crippen molar-refractivity contribution in [2.45, 2.75) is 32.7 Å². The highest BCUT2D eigenvalue weighted by Crippen LogP contribution is 2.36. The second-order valence-corrected chi connectivity index (χ2v) is 4.55. The van der Waals surface area contributed by atoms with Crippen LogP contribution in [0.4, 0.5) is 0 Å². The summed E-state index contributed by atoms with van der Waals surface area (Å²) in [7, 11) is 0. The predicted octanol–water partition coefficient (Wildman–Crippen LogP) is 0.938. The Morgan fingerprint density at radius 2 is 2.08 bits per heavy atom. The number of ether oxygens (including phenoxy) is 1. The third-order valence-electron chi connectivity index (χ3n) is 3.19. The maximum Gasteiger partial charge on any atom is 0.231 e. The third kappa shape index (κ3) is 1.46. The van der Waals surface area contributed by atoms with Crippen molar-refractivity contribution in [2.24, 2.45) is 11.3 Å². The van der Waals surface area contributed by atoms with Gasteiger partial charge in [0.15, 0.2) is 0 Å². The minimum Gasteiger partial charge on any atom is -0.379 e. The molecule has 2 rings (SSSR count). The summed E-state index contributed by atoms with van der Waals surface area (Å²) in [6.07, 6.45) is 2.31. The van der Waals surface area contributed by atoms with Crippen molar-refractivity contribution in [1.29, 1.82) is 0 Å². The molecule has 1 amide bonds. The van der Waals surface area contributed by atoms with E-state index in [0.29, 0.717) is 25.2 Å². The first kappa shape index (κ1) is 9.00. The van der Waals surface area contributed by atoms with Gasteiger partial charge in [-0.2, -0.15) is 0 Å². The predicted molar refractivity (Wildman–Crippen MR) is 49.3 cm³/mol. The zero-order chi connectivity index (χ0) is 9.47. The van der Waals surface area contributed by atoms with Crippen molar-refractivity contribution in [3.63, 3.8) is 0 Å². The van der Waals surface area contributed by atoms with E-state index in [1.165, 1.54) is 0 Å². The lowest BCUT2D eigenvalue weighted by Crippen LogP contribution is -2.57. The van der Waals surface area contributed by atoms with Gasteiger partial charge in [-0.3, -0.25) is 4.79 Å². The molecule has 1 saturated heterocycles. The van der Waals surface area contributed by atoms with E-state index in [2.05, 4.69) is 19.2 Å². The van der Waals surface area contributed by atoms with Crippen LogP contribution >= 0.6 is 0 Å². The lowest BCUT2D eigenvalue weighted by molar-refractivity contribution is -0.171. The molecule has 0 unspecified atom stereocenters. The first-order valence-corrected chi connectivity index (χ1v) is 5.04. The number of amides is 1. The van der Waals surface area contributed by atoms with E-state index in [-0.39, 0.29) is 11.3 Å². The molecule has 0 atom stereocenters. The van der Waals surface area contributed by atoms with Crippen LogP contribution < -0.4 is 5.32 Å². The maximum absolute atomic E-state index is 11.8. The van der Waals surface area contributed by atoms with Crippen LogP contribution in [0.5, 0.6) is 0 Å². The van der Waals surface area contributed by atoms with Crippen LogP contribution in [0.2, 0.25) is 0 Å². The minimum atomic E-state index is -0.220. The van der Waals surface area contributed by atoms with Crippen molar-refractivity contribution >= 4 is 5.91 Å². The van der Waals surface area contributed by atoms with Crippen molar-refractivity contribution in [2.75, 3.05) is 13.2 Å². The summed E-state index contributed by atoms with van der Waals surface area (Å²) in [4.78, 5) is 11.8. The van der Waals surface area contributed by atoms with Crippen molar-refractivity contribution < 1.29 is 9.53 Å². The van der Waals surface area contributed by atoms with E-state index in [4.69, 9.17) is 4.74 Å². The fourth-order valence-electron chi connectivity index (χ4n) is 1.61. The van der Waals surface area contributed by atoms with Crippen LogP contribution in [0.3, 0.4) is 0 Å². The van der Waals surface area contributed by atoms with E-state index in [9.17, 15) is 4.79 Å². The van der Waals surface area contributed by atoms with Gasteiger partial charge in [0.25, 0.3) is 0 Å². The Bertz CT molecular complexity index is 217. The van der Waals surface area contributed by atoms with E-state index < -0.39 is 0 Å². The van der Waals surface area contributed by atoms with Gasteiger partial charge in [0.2, 0.25) is 5.91 Å². The van der Waals surface area contributed by atoms with Gasteiger partial charge in [0.05, 0.1) is 18.6 Å². The Labute approximate surface area is 78.8 Å².